The van der Waals surface area contributed by atoms with Crippen LogP contribution in [-0.4, -0.2) is 36.2 Å². The Bertz CT molecular complexity index is 849. The average Bonchev–Trinajstić information content (AvgIpc) is 3.03. The van der Waals surface area contributed by atoms with Gasteiger partial charge in [0.15, 0.2) is 5.82 Å². The number of hydrogen-bond acceptors (Lipinski definition) is 5. The molecular weight excluding hydrogens is 332 g/mol. The number of aromatic nitrogens is 3. The monoisotopic (exact) mass is 354 g/mol. The van der Waals surface area contributed by atoms with E-state index in [2.05, 4.69) is 19.9 Å². The summed E-state index contributed by atoms with van der Waals surface area (Å²) < 4.78 is 32.7. The molecule has 0 radical (unpaired) electrons. The van der Waals surface area contributed by atoms with Crippen LogP contribution in [0.4, 0.5) is 5.82 Å². The molecule has 2 rings (SSSR count). The van der Waals surface area contributed by atoms with Gasteiger partial charge in [-0.25, -0.2) is 13.2 Å². The summed E-state index contributed by atoms with van der Waals surface area (Å²) in [5.74, 6) is -0.181. The zero-order valence-corrected chi connectivity index (χ0v) is 15.2. The molecule has 0 fully saturated rings. The first-order valence-corrected chi connectivity index (χ1v) is 9.10. The third-order valence-electron chi connectivity index (χ3n) is 3.58. The third-order valence-corrected chi connectivity index (χ3v) is 5.20. The van der Waals surface area contributed by atoms with Crippen LogP contribution in [0.3, 0.4) is 0 Å². The smallest absolute Gasteiger partial charge is 0.355 e. The minimum absolute atomic E-state index is 0.0275. The minimum Gasteiger partial charge on any atom is -0.461 e. The molecule has 0 saturated heterocycles. The van der Waals surface area contributed by atoms with E-state index in [9.17, 15) is 13.2 Å². The van der Waals surface area contributed by atoms with Crippen molar-refractivity contribution < 1.29 is 17.9 Å². The van der Waals surface area contributed by atoms with Crippen molar-refractivity contribution in [1.82, 2.24) is 15.2 Å². The van der Waals surface area contributed by atoms with Crippen molar-refractivity contribution in [1.29, 1.82) is 0 Å². The van der Waals surface area contributed by atoms with E-state index in [1.54, 1.807) is 26.8 Å². The Kier molecular flexibility index (Phi) is 5.02. The number of aromatic amines is 2. The van der Waals surface area contributed by atoms with Crippen LogP contribution in [0.5, 0.6) is 0 Å². The Morgan fingerprint density at radius 3 is 2.58 bits per heavy atom. The van der Waals surface area contributed by atoms with E-state index in [0.717, 1.165) is 5.69 Å². The normalized spacial score (nSPS) is 11.8. The highest BCUT2D eigenvalue weighted by Crippen LogP contribution is 2.26. The second kappa shape index (κ2) is 6.68. The Labute approximate surface area is 141 Å². The molecule has 0 saturated carbocycles. The molecule has 0 aliphatic carbocycles. The van der Waals surface area contributed by atoms with E-state index >= 15 is 0 Å². The molecule has 132 valence electrons. The number of hydrogen-bond donors (Lipinski definition) is 3. The summed E-state index contributed by atoms with van der Waals surface area (Å²) in [6.45, 7) is 8.99. The fraction of sp³-hybridized carbons (Fsp3) is 0.467. The van der Waals surface area contributed by atoms with Crippen molar-refractivity contribution in [3.8, 4) is 0 Å². The maximum absolute atomic E-state index is 12.7. The van der Waals surface area contributed by atoms with E-state index in [4.69, 9.17) is 4.74 Å². The fourth-order valence-corrected chi connectivity index (χ4v) is 3.86. The number of ether oxygens (including phenoxy) is 1. The molecule has 24 heavy (non-hydrogen) atoms. The van der Waals surface area contributed by atoms with Gasteiger partial charge in [-0.2, -0.15) is 5.10 Å². The van der Waals surface area contributed by atoms with E-state index < -0.39 is 16.0 Å². The molecular formula is C15H22N4O4S. The number of sulfonamides is 1. The highest BCUT2D eigenvalue weighted by Gasteiger charge is 2.27. The minimum atomic E-state index is -3.89. The first-order chi connectivity index (χ1) is 11.2. The van der Waals surface area contributed by atoms with Crippen LogP contribution in [-0.2, 0) is 14.8 Å². The highest BCUT2D eigenvalue weighted by atomic mass is 32.2. The van der Waals surface area contributed by atoms with Gasteiger partial charge >= 0.3 is 5.97 Å². The number of carbonyl (C=O) groups is 1. The molecule has 0 spiro atoms. The van der Waals surface area contributed by atoms with Gasteiger partial charge in [-0.3, -0.25) is 9.82 Å². The first kappa shape index (κ1) is 18.1. The summed E-state index contributed by atoms with van der Waals surface area (Å²) in [6, 6.07) is 1.64. The molecule has 3 N–H and O–H groups in total. The van der Waals surface area contributed by atoms with Gasteiger partial charge in [-0.15, -0.1) is 0 Å². The van der Waals surface area contributed by atoms with Crippen LogP contribution in [0.2, 0.25) is 0 Å². The molecule has 0 amide bonds. The number of nitrogens with one attached hydrogen (secondary N) is 3. The van der Waals surface area contributed by atoms with Crippen molar-refractivity contribution in [2.75, 3.05) is 11.3 Å². The molecule has 0 aliphatic heterocycles. The van der Waals surface area contributed by atoms with Gasteiger partial charge in [-0.05, 0) is 26.7 Å². The second-order valence-electron chi connectivity index (χ2n) is 5.77. The van der Waals surface area contributed by atoms with E-state index in [1.807, 2.05) is 13.8 Å². The Morgan fingerprint density at radius 2 is 2.04 bits per heavy atom. The summed E-state index contributed by atoms with van der Waals surface area (Å²) in [5, 5.41) is 6.75. The van der Waals surface area contributed by atoms with Crippen molar-refractivity contribution in [3.63, 3.8) is 0 Å². The largest absolute Gasteiger partial charge is 0.461 e. The van der Waals surface area contributed by atoms with Crippen molar-refractivity contribution in [2.45, 2.75) is 45.4 Å². The lowest BCUT2D eigenvalue weighted by molar-refractivity contribution is 0.0519. The number of nitrogens with zero attached hydrogens (tertiary/aromatic N) is 1. The fourth-order valence-electron chi connectivity index (χ4n) is 2.42. The maximum Gasteiger partial charge on any atom is 0.355 e. The molecule has 0 unspecified atom stereocenters. The summed E-state index contributed by atoms with van der Waals surface area (Å²) in [5.41, 5.74) is 1.64. The summed E-state index contributed by atoms with van der Waals surface area (Å²) in [7, 11) is -3.89. The lowest BCUT2D eigenvalue weighted by atomic mass is 10.1. The number of esters is 1. The molecule has 0 aliphatic rings. The number of H-pyrrole nitrogens is 2. The quantitative estimate of drug-likeness (QED) is 0.689. The van der Waals surface area contributed by atoms with Crippen LogP contribution in [0.1, 0.15) is 54.1 Å². The van der Waals surface area contributed by atoms with Gasteiger partial charge in [0.2, 0.25) is 0 Å². The number of aryl methyl sites for hydroxylation is 1. The first-order valence-electron chi connectivity index (χ1n) is 7.61. The molecule has 0 atom stereocenters. The van der Waals surface area contributed by atoms with Gasteiger partial charge in [0.25, 0.3) is 10.0 Å². The van der Waals surface area contributed by atoms with E-state index in [1.165, 1.54) is 0 Å². The molecule has 2 aromatic rings. The standard InChI is InChI=1S/C15H22N4O4S/c1-6-23-15(20)13-9(4)14(10(5)16-13)24(21,22)19-12-7-11(8(2)3)17-18-12/h7-8,16H,6H2,1-5H3,(H2,17,18,19). The second-order valence-corrected chi connectivity index (χ2v) is 7.39. The van der Waals surface area contributed by atoms with Crippen LogP contribution >= 0.6 is 0 Å². The van der Waals surface area contributed by atoms with Crippen LogP contribution in [0.15, 0.2) is 11.0 Å². The van der Waals surface area contributed by atoms with Crippen molar-refractivity contribution in [3.05, 3.63) is 28.7 Å². The highest BCUT2D eigenvalue weighted by molar-refractivity contribution is 7.92. The maximum atomic E-state index is 12.7. The Morgan fingerprint density at radius 1 is 1.38 bits per heavy atom. The van der Waals surface area contributed by atoms with Crippen molar-refractivity contribution >= 4 is 21.8 Å². The molecule has 2 aromatic heterocycles. The summed E-state index contributed by atoms with van der Waals surface area (Å²) >= 11 is 0. The number of anilines is 1. The SMILES string of the molecule is CCOC(=O)c1[nH]c(C)c(S(=O)(=O)Nc2cc(C(C)C)[nH]n2)c1C. The zero-order valence-electron chi connectivity index (χ0n) is 14.4. The molecule has 0 bridgehead atoms. The molecule has 0 aromatic carbocycles. The predicted octanol–water partition coefficient (Wildman–Crippen LogP) is 2.46. The molecule has 8 nitrogen and oxygen atoms in total. The lowest BCUT2D eigenvalue weighted by Crippen LogP contribution is -2.15. The average molecular weight is 354 g/mol. The van der Waals surface area contributed by atoms with Crippen LogP contribution in [0, 0.1) is 13.8 Å². The van der Waals surface area contributed by atoms with Gasteiger partial charge < -0.3 is 9.72 Å². The Hall–Kier alpha value is -2.29. The van der Waals surface area contributed by atoms with E-state index in [0.29, 0.717) is 11.3 Å². The number of carbonyl (C=O) groups excluding carboxylic acids is 1. The third kappa shape index (κ3) is 3.45. The van der Waals surface area contributed by atoms with Crippen molar-refractivity contribution in [2.24, 2.45) is 0 Å². The summed E-state index contributed by atoms with van der Waals surface area (Å²) in [4.78, 5) is 14.7. The molecule has 2 heterocycles. The lowest BCUT2D eigenvalue weighted by Gasteiger charge is -2.06. The van der Waals surface area contributed by atoms with Gasteiger partial charge in [-0.1, -0.05) is 13.8 Å². The van der Waals surface area contributed by atoms with E-state index in [-0.39, 0.29) is 28.9 Å². The van der Waals surface area contributed by atoms with Crippen LogP contribution < -0.4 is 4.72 Å². The Balaban J connectivity index is 2.37. The zero-order chi connectivity index (χ0) is 18.1. The summed E-state index contributed by atoms with van der Waals surface area (Å²) in [6.07, 6.45) is 0. The van der Waals surface area contributed by atoms with Crippen LogP contribution in [0.25, 0.3) is 0 Å². The molecule has 9 heteroatoms. The van der Waals surface area contributed by atoms with Gasteiger partial charge in [0.1, 0.15) is 10.6 Å². The van der Waals surface area contributed by atoms with Gasteiger partial charge in [0.05, 0.1) is 6.61 Å². The van der Waals surface area contributed by atoms with Gasteiger partial charge in [0, 0.05) is 23.0 Å². The predicted molar refractivity (Wildman–Crippen MR) is 89.7 cm³/mol. The topological polar surface area (TPSA) is 117 Å². The number of rotatable bonds is 6.